The lowest BCUT2D eigenvalue weighted by Gasteiger charge is -2.61. The van der Waals surface area contributed by atoms with E-state index in [1.807, 2.05) is 36.2 Å². The van der Waals surface area contributed by atoms with E-state index in [-0.39, 0.29) is 24.2 Å². The fraction of sp³-hybridized carbons (Fsp3) is 0.615. The fourth-order valence-corrected chi connectivity index (χ4v) is 6.90. The molecule has 4 aliphatic rings. The number of aryl methyl sites for hydroxylation is 1. The summed E-state index contributed by atoms with van der Waals surface area (Å²) in [6.07, 6.45) is 7.40. The Balaban J connectivity index is 1.34. The average molecular weight is 451 g/mol. The molecule has 1 aromatic carbocycles. The monoisotopic (exact) mass is 450 g/mol. The summed E-state index contributed by atoms with van der Waals surface area (Å²) in [5, 5.41) is 27.2. The number of phenols is 1. The minimum atomic E-state index is -0.905. The number of amides is 1. The van der Waals surface area contributed by atoms with Crippen LogP contribution in [0, 0.1) is 12.8 Å². The summed E-state index contributed by atoms with van der Waals surface area (Å²) in [6.45, 7) is 5.36. The molecule has 2 saturated heterocycles. The number of aromatic nitrogens is 2. The molecule has 2 aliphatic heterocycles. The maximum absolute atomic E-state index is 13.2. The number of aromatic hydroxyl groups is 1. The van der Waals surface area contributed by atoms with Crippen LogP contribution in [0.4, 0.5) is 0 Å². The van der Waals surface area contributed by atoms with Crippen molar-refractivity contribution in [1.82, 2.24) is 19.6 Å². The molecule has 3 atom stereocenters. The van der Waals surface area contributed by atoms with E-state index in [1.165, 1.54) is 18.4 Å². The summed E-state index contributed by atoms with van der Waals surface area (Å²) in [6, 6.07) is 7.68. The van der Waals surface area contributed by atoms with E-state index in [2.05, 4.69) is 10.00 Å². The largest absolute Gasteiger partial charge is 0.508 e. The van der Waals surface area contributed by atoms with Gasteiger partial charge in [-0.1, -0.05) is 6.07 Å². The Morgan fingerprint density at radius 1 is 1.15 bits per heavy atom. The van der Waals surface area contributed by atoms with Crippen LogP contribution in [-0.2, 0) is 23.2 Å². The van der Waals surface area contributed by atoms with Gasteiger partial charge in [0.25, 0.3) is 0 Å². The predicted molar refractivity (Wildman–Crippen MR) is 124 cm³/mol. The fourth-order valence-electron chi connectivity index (χ4n) is 6.90. The summed E-state index contributed by atoms with van der Waals surface area (Å²) < 4.78 is 1.70. The van der Waals surface area contributed by atoms with Gasteiger partial charge in [0.1, 0.15) is 12.3 Å². The number of benzene rings is 1. The smallest absolute Gasteiger partial charge is 0.244 e. The van der Waals surface area contributed by atoms with Crippen LogP contribution in [0.5, 0.6) is 5.75 Å². The number of carbonyl (C=O) groups is 1. The van der Waals surface area contributed by atoms with Gasteiger partial charge in [0.15, 0.2) is 0 Å². The van der Waals surface area contributed by atoms with Crippen molar-refractivity contribution in [2.45, 2.75) is 69.1 Å². The first-order chi connectivity index (χ1) is 15.9. The van der Waals surface area contributed by atoms with Gasteiger partial charge in [0.2, 0.25) is 5.91 Å². The standard InChI is InChI=1S/C26H34N4O3/c1-18-6-10-30(27-18)17-24(32)28-11-7-25-8-12-29(16-19-2-3-19)23(26(25,33)9-13-28)14-20-4-5-21(31)15-22(20)25/h4-6,10,15,19,23,31,33H,2-3,7-9,11-14,16-17H2,1H3. The minimum absolute atomic E-state index is 0.0530. The van der Waals surface area contributed by atoms with Gasteiger partial charge >= 0.3 is 0 Å². The van der Waals surface area contributed by atoms with E-state index in [0.29, 0.717) is 19.5 Å². The second kappa shape index (κ2) is 7.57. The molecule has 1 aromatic heterocycles. The lowest BCUT2D eigenvalue weighted by Crippen LogP contribution is -2.71. The van der Waals surface area contributed by atoms with Crippen LogP contribution in [0.25, 0.3) is 0 Å². The molecule has 0 radical (unpaired) electrons. The van der Waals surface area contributed by atoms with Crippen molar-refractivity contribution in [2.24, 2.45) is 5.92 Å². The van der Waals surface area contributed by atoms with Crippen LogP contribution < -0.4 is 0 Å². The van der Waals surface area contributed by atoms with E-state index >= 15 is 0 Å². The van der Waals surface area contributed by atoms with Crippen LogP contribution >= 0.6 is 0 Å². The second-order valence-corrected chi connectivity index (χ2v) is 10.8. The SMILES string of the molecule is Cc1ccn(CC(=O)N2CCC34CCN(CC5CC5)C(Cc5ccc(O)cc53)C4(O)CC2)n1. The molecule has 3 unspecified atom stereocenters. The first-order valence-corrected chi connectivity index (χ1v) is 12.4. The summed E-state index contributed by atoms with van der Waals surface area (Å²) in [5.74, 6) is 1.08. The number of rotatable bonds is 4. The van der Waals surface area contributed by atoms with E-state index in [4.69, 9.17) is 0 Å². The Bertz CT molecular complexity index is 1080. The Kier molecular flexibility index (Phi) is 4.86. The van der Waals surface area contributed by atoms with Crippen LogP contribution in [0.3, 0.4) is 0 Å². The predicted octanol–water partition coefficient (Wildman–Crippen LogP) is 2.23. The third-order valence-electron chi connectivity index (χ3n) is 8.85. The van der Waals surface area contributed by atoms with Crippen LogP contribution in [0.15, 0.2) is 30.5 Å². The lowest BCUT2D eigenvalue weighted by molar-refractivity contribution is -0.149. The minimum Gasteiger partial charge on any atom is -0.508 e. The molecule has 2 N–H and O–H groups in total. The number of aliphatic hydroxyl groups is 1. The van der Waals surface area contributed by atoms with Crippen molar-refractivity contribution in [3.63, 3.8) is 0 Å². The van der Waals surface area contributed by atoms with Gasteiger partial charge < -0.3 is 15.1 Å². The van der Waals surface area contributed by atoms with Crippen molar-refractivity contribution in [3.8, 4) is 5.75 Å². The highest BCUT2D eigenvalue weighted by Gasteiger charge is 2.63. The summed E-state index contributed by atoms with van der Waals surface area (Å²) >= 11 is 0. The molecule has 2 aliphatic carbocycles. The summed E-state index contributed by atoms with van der Waals surface area (Å²) in [5.41, 5.74) is 1.91. The zero-order valence-electron chi connectivity index (χ0n) is 19.4. The first kappa shape index (κ1) is 21.2. The number of fused-ring (bicyclic) bond motifs is 1. The Labute approximate surface area is 195 Å². The molecule has 3 heterocycles. The zero-order chi connectivity index (χ0) is 22.8. The highest BCUT2D eigenvalue weighted by Crippen LogP contribution is 2.56. The number of piperidine rings is 1. The Morgan fingerprint density at radius 2 is 1.94 bits per heavy atom. The normalized spacial score (nSPS) is 31.6. The Morgan fingerprint density at radius 3 is 2.70 bits per heavy atom. The van der Waals surface area contributed by atoms with Crippen molar-refractivity contribution >= 4 is 5.91 Å². The van der Waals surface area contributed by atoms with Gasteiger partial charge in [0.05, 0.1) is 11.3 Å². The second-order valence-electron chi connectivity index (χ2n) is 10.8. The van der Waals surface area contributed by atoms with Crippen molar-refractivity contribution < 1.29 is 15.0 Å². The van der Waals surface area contributed by atoms with Gasteiger partial charge in [-0.15, -0.1) is 0 Å². The highest BCUT2D eigenvalue weighted by molar-refractivity contribution is 5.76. The number of hydrogen-bond acceptors (Lipinski definition) is 5. The molecule has 2 aromatic rings. The molecule has 1 saturated carbocycles. The molecule has 7 heteroatoms. The number of hydrogen-bond donors (Lipinski definition) is 2. The molecule has 3 fully saturated rings. The molecular formula is C26H34N4O3. The van der Waals surface area contributed by atoms with E-state index in [9.17, 15) is 15.0 Å². The molecule has 0 spiro atoms. The molecule has 7 nitrogen and oxygen atoms in total. The van der Waals surface area contributed by atoms with Gasteiger partial charge in [0, 0.05) is 37.3 Å². The van der Waals surface area contributed by atoms with Crippen molar-refractivity contribution in [1.29, 1.82) is 0 Å². The number of carbonyl (C=O) groups excluding carboxylic acids is 1. The number of likely N-dealkylation sites (tertiary alicyclic amines) is 2. The number of phenolic OH excluding ortho intramolecular Hbond substituents is 1. The summed E-state index contributed by atoms with van der Waals surface area (Å²) in [4.78, 5) is 17.6. The quantitative estimate of drug-likeness (QED) is 0.747. The summed E-state index contributed by atoms with van der Waals surface area (Å²) in [7, 11) is 0. The molecule has 2 bridgehead atoms. The maximum atomic E-state index is 13.2. The zero-order valence-corrected chi connectivity index (χ0v) is 19.4. The maximum Gasteiger partial charge on any atom is 0.244 e. The first-order valence-electron chi connectivity index (χ1n) is 12.4. The van der Waals surface area contributed by atoms with Crippen LogP contribution in [-0.4, -0.2) is 73.5 Å². The molecule has 6 rings (SSSR count). The third kappa shape index (κ3) is 3.39. The van der Waals surface area contributed by atoms with Crippen LogP contribution in [0.1, 0.15) is 48.9 Å². The topological polar surface area (TPSA) is 81.8 Å². The van der Waals surface area contributed by atoms with Crippen molar-refractivity contribution in [3.05, 3.63) is 47.3 Å². The van der Waals surface area contributed by atoms with Crippen molar-refractivity contribution in [2.75, 3.05) is 26.2 Å². The van der Waals surface area contributed by atoms with E-state index in [0.717, 1.165) is 49.5 Å². The molecule has 176 valence electrons. The van der Waals surface area contributed by atoms with E-state index < -0.39 is 11.0 Å². The number of nitrogens with zero attached hydrogens (tertiary/aromatic N) is 4. The molecular weight excluding hydrogens is 416 g/mol. The van der Waals surface area contributed by atoms with Gasteiger partial charge in [-0.3, -0.25) is 14.4 Å². The highest BCUT2D eigenvalue weighted by atomic mass is 16.3. The molecule has 1 amide bonds. The van der Waals surface area contributed by atoms with Gasteiger partial charge in [-0.2, -0.15) is 5.10 Å². The van der Waals surface area contributed by atoms with Crippen LogP contribution in [0.2, 0.25) is 0 Å². The lowest BCUT2D eigenvalue weighted by atomic mass is 9.52. The average Bonchev–Trinajstić information content (AvgIpc) is 3.53. The third-order valence-corrected chi connectivity index (χ3v) is 8.85. The Hall–Kier alpha value is -2.38. The van der Waals surface area contributed by atoms with Gasteiger partial charge in [-0.05, 0) is 87.2 Å². The van der Waals surface area contributed by atoms with E-state index in [1.54, 1.807) is 10.7 Å². The van der Waals surface area contributed by atoms with Gasteiger partial charge in [-0.25, -0.2) is 0 Å². The molecule has 33 heavy (non-hydrogen) atoms.